The second kappa shape index (κ2) is 6.19. The maximum Gasteiger partial charge on any atom is 0.328 e. The Kier molecular flexibility index (Phi) is 4.89. The number of esters is 1. The minimum Gasteiger partial charge on any atom is -0.467 e. The Morgan fingerprint density at radius 1 is 1.28 bits per heavy atom. The number of hydrogen-bond acceptors (Lipinski definition) is 3. The van der Waals surface area contributed by atoms with Gasteiger partial charge in [-0.2, -0.15) is 0 Å². The number of methoxy groups -OCH3 is 1. The molecule has 0 aliphatic carbocycles. The second-order valence-corrected chi connectivity index (χ2v) is 4.59. The van der Waals surface area contributed by atoms with Crippen molar-refractivity contribution in [1.82, 2.24) is 5.32 Å². The monoisotopic (exact) mass is 249 g/mol. The van der Waals surface area contributed by atoms with Crippen molar-refractivity contribution < 1.29 is 14.3 Å². The molecule has 1 aromatic carbocycles. The first-order valence-electron chi connectivity index (χ1n) is 5.91. The van der Waals surface area contributed by atoms with Gasteiger partial charge in [0.1, 0.15) is 6.04 Å². The number of benzene rings is 1. The van der Waals surface area contributed by atoms with Crippen molar-refractivity contribution in [2.24, 2.45) is 5.92 Å². The van der Waals surface area contributed by atoms with E-state index in [0.29, 0.717) is 5.56 Å². The molecule has 1 aromatic rings. The van der Waals surface area contributed by atoms with Crippen LogP contribution in [0, 0.1) is 12.8 Å². The summed E-state index contributed by atoms with van der Waals surface area (Å²) in [6.07, 6.45) is 0. The molecule has 0 aliphatic rings. The summed E-state index contributed by atoms with van der Waals surface area (Å²) < 4.78 is 4.68. The Morgan fingerprint density at radius 2 is 1.94 bits per heavy atom. The molecule has 18 heavy (non-hydrogen) atoms. The van der Waals surface area contributed by atoms with Crippen molar-refractivity contribution in [1.29, 1.82) is 0 Å². The molecule has 0 aromatic heterocycles. The van der Waals surface area contributed by atoms with Gasteiger partial charge in [-0.15, -0.1) is 0 Å². The SMILES string of the molecule is COC(=O)C(NC(=O)c1cccc(C)c1)C(C)C. The quantitative estimate of drug-likeness (QED) is 0.829. The molecule has 0 saturated carbocycles. The number of ether oxygens (including phenoxy) is 1. The van der Waals surface area contributed by atoms with E-state index in [1.165, 1.54) is 7.11 Å². The number of aryl methyl sites for hydroxylation is 1. The van der Waals surface area contributed by atoms with Crippen LogP contribution >= 0.6 is 0 Å². The zero-order chi connectivity index (χ0) is 13.7. The zero-order valence-electron chi connectivity index (χ0n) is 11.2. The molecular weight excluding hydrogens is 230 g/mol. The first kappa shape index (κ1) is 14.2. The zero-order valence-corrected chi connectivity index (χ0v) is 11.2. The number of amides is 1. The maximum atomic E-state index is 12.0. The highest BCUT2D eigenvalue weighted by Crippen LogP contribution is 2.08. The maximum absolute atomic E-state index is 12.0. The van der Waals surface area contributed by atoms with E-state index in [4.69, 9.17) is 0 Å². The third kappa shape index (κ3) is 3.58. The molecule has 0 spiro atoms. The van der Waals surface area contributed by atoms with E-state index < -0.39 is 12.0 Å². The highest BCUT2D eigenvalue weighted by Gasteiger charge is 2.25. The standard InChI is InChI=1S/C14H19NO3/c1-9(2)12(14(17)18-4)15-13(16)11-7-5-6-10(3)8-11/h5-9,12H,1-4H3,(H,15,16). The molecular formula is C14H19NO3. The molecule has 1 amide bonds. The summed E-state index contributed by atoms with van der Waals surface area (Å²) in [4.78, 5) is 23.6. The summed E-state index contributed by atoms with van der Waals surface area (Å²) in [6, 6.07) is 6.60. The molecule has 1 unspecified atom stereocenters. The number of carbonyl (C=O) groups excluding carboxylic acids is 2. The predicted octanol–water partition coefficient (Wildman–Crippen LogP) is 1.92. The van der Waals surface area contributed by atoms with Crippen LogP contribution in [-0.4, -0.2) is 25.0 Å². The highest BCUT2D eigenvalue weighted by atomic mass is 16.5. The molecule has 1 N–H and O–H groups in total. The molecule has 0 saturated heterocycles. The van der Waals surface area contributed by atoms with Gasteiger partial charge in [0.2, 0.25) is 0 Å². The van der Waals surface area contributed by atoms with Gasteiger partial charge in [-0.05, 0) is 25.0 Å². The van der Waals surface area contributed by atoms with Crippen LogP contribution in [0.25, 0.3) is 0 Å². The van der Waals surface area contributed by atoms with Gasteiger partial charge in [0.05, 0.1) is 7.11 Å². The Labute approximate surface area is 107 Å². The van der Waals surface area contributed by atoms with Gasteiger partial charge in [0.15, 0.2) is 0 Å². The van der Waals surface area contributed by atoms with E-state index in [9.17, 15) is 9.59 Å². The van der Waals surface area contributed by atoms with Crippen molar-refractivity contribution >= 4 is 11.9 Å². The fraction of sp³-hybridized carbons (Fsp3) is 0.429. The Balaban J connectivity index is 2.82. The van der Waals surface area contributed by atoms with Gasteiger partial charge in [-0.25, -0.2) is 4.79 Å². The lowest BCUT2D eigenvalue weighted by atomic mass is 10.0. The lowest BCUT2D eigenvalue weighted by Gasteiger charge is -2.19. The van der Waals surface area contributed by atoms with E-state index in [0.717, 1.165) is 5.56 Å². The fourth-order valence-electron chi connectivity index (χ4n) is 1.64. The lowest BCUT2D eigenvalue weighted by Crippen LogP contribution is -2.45. The van der Waals surface area contributed by atoms with E-state index in [1.54, 1.807) is 12.1 Å². The van der Waals surface area contributed by atoms with Gasteiger partial charge in [-0.1, -0.05) is 31.5 Å². The Hall–Kier alpha value is -1.84. The van der Waals surface area contributed by atoms with Crippen molar-refractivity contribution in [2.75, 3.05) is 7.11 Å². The van der Waals surface area contributed by atoms with Crippen LogP contribution in [0.3, 0.4) is 0 Å². The molecule has 98 valence electrons. The summed E-state index contributed by atoms with van der Waals surface area (Å²) in [7, 11) is 1.32. The van der Waals surface area contributed by atoms with Crippen LogP contribution in [0.1, 0.15) is 29.8 Å². The molecule has 4 nitrogen and oxygen atoms in total. The normalized spacial score (nSPS) is 12.1. The minimum atomic E-state index is -0.622. The average molecular weight is 249 g/mol. The summed E-state index contributed by atoms with van der Waals surface area (Å²) in [6.45, 7) is 5.63. The van der Waals surface area contributed by atoms with Crippen molar-refractivity contribution in [2.45, 2.75) is 26.8 Å². The van der Waals surface area contributed by atoms with Gasteiger partial charge in [0, 0.05) is 5.56 Å². The molecule has 4 heteroatoms. The third-order valence-corrected chi connectivity index (χ3v) is 2.69. The van der Waals surface area contributed by atoms with Gasteiger partial charge < -0.3 is 10.1 Å². The van der Waals surface area contributed by atoms with E-state index in [2.05, 4.69) is 10.1 Å². The van der Waals surface area contributed by atoms with Crippen LogP contribution in [0.4, 0.5) is 0 Å². The van der Waals surface area contributed by atoms with Crippen molar-refractivity contribution in [3.63, 3.8) is 0 Å². The summed E-state index contributed by atoms with van der Waals surface area (Å²) >= 11 is 0. The van der Waals surface area contributed by atoms with Gasteiger partial charge in [0.25, 0.3) is 5.91 Å². The smallest absolute Gasteiger partial charge is 0.328 e. The summed E-state index contributed by atoms with van der Waals surface area (Å²) in [5.74, 6) is -0.708. The van der Waals surface area contributed by atoms with Crippen LogP contribution in [0.2, 0.25) is 0 Å². The average Bonchev–Trinajstić information content (AvgIpc) is 2.34. The molecule has 0 heterocycles. The molecule has 1 rings (SSSR count). The van der Waals surface area contributed by atoms with Crippen LogP contribution in [0.5, 0.6) is 0 Å². The van der Waals surface area contributed by atoms with Crippen molar-refractivity contribution in [3.05, 3.63) is 35.4 Å². The Morgan fingerprint density at radius 3 is 2.44 bits per heavy atom. The molecule has 0 radical (unpaired) electrons. The van der Waals surface area contributed by atoms with Crippen LogP contribution in [0.15, 0.2) is 24.3 Å². The second-order valence-electron chi connectivity index (χ2n) is 4.59. The fourth-order valence-corrected chi connectivity index (χ4v) is 1.64. The summed E-state index contributed by atoms with van der Waals surface area (Å²) in [5.41, 5.74) is 1.55. The van der Waals surface area contributed by atoms with Crippen LogP contribution < -0.4 is 5.32 Å². The number of nitrogens with one attached hydrogen (secondary N) is 1. The Bertz CT molecular complexity index is 440. The lowest BCUT2D eigenvalue weighted by molar-refractivity contribution is -0.144. The number of rotatable bonds is 4. The van der Waals surface area contributed by atoms with E-state index in [1.807, 2.05) is 32.9 Å². The van der Waals surface area contributed by atoms with Crippen molar-refractivity contribution in [3.8, 4) is 0 Å². The van der Waals surface area contributed by atoms with Gasteiger partial charge in [-0.3, -0.25) is 4.79 Å². The minimum absolute atomic E-state index is 0.0220. The highest BCUT2D eigenvalue weighted by molar-refractivity contribution is 5.96. The summed E-state index contributed by atoms with van der Waals surface area (Å²) in [5, 5.41) is 2.70. The number of hydrogen-bond donors (Lipinski definition) is 1. The van der Waals surface area contributed by atoms with Crippen LogP contribution in [-0.2, 0) is 9.53 Å². The number of carbonyl (C=O) groups is 2. The molecule has 1 atom stereocenters. The predicted molar refractivity (Wildman–Crippen MR) is 69.3 cm³/mol. The van der Waals surface area contributed by atoms with E-state index >= 15 is 0 Å². The first-order chi connectivity index (χ1) is 8.45. The van der Waals surface area contributed by atoms with E-state index in [-0.39, 0.29) is 11.8 Å². The molecule has 0 bridgehead atoms. The molecule has 0 fully saturated rings. The largest absolute Gasteiger partial charge is 0.467 e. The van der Waals surface area contributed by atoms with Gasteiger partial charge >= 0.3 is 5.97 Å². The molecule has 0 aliphatic heterocycles. The third-order valence-electron chi connectivity index (χ3n) is 2.69. The topological polar surface area (TPSA) is 55.4 Å². The first-order valence-corrected chi connectivity index (χ1v) is 5.91.